The van der Waals surface area contributed by atoms with E-state index < -0.39 is 10.0 Å². The van der Waals surface area contributed by atoms with E-state index >= 15 is 0 Å². The van der Waals surface area contributed by atoms with Crippen LogP contribution in [0.25, 0.3) is 0 Å². The third-order valence-electron chi connectivity index (χ3n) is 4.20. The molecule has 21 heavy (non-hydrogen) atoms. The minimum absolute atomic E-state index is 0.129. The van der Waals surface area contributed by atoms with Crippen LogP contribution in [0.5, 0.6) is 0 Å². The maximum absolute atomic E-state index is 12.1. The Balaban J connectivity index is 2.28. The topological polar surface area (TPSA) is 58.2 Å². The molecule has 1 fully saturated rings. The summed E-state index contributed by atoms with van der Waals surface area (Å²) in [6.45, 7) is 5.69. The molecule has 126 valence electrons. The summed E-state index contributed by atoms with van der Waals surface area (Å²) in [7, 11) is -3.12. The van der Waals surface area contributed by atoms with Crippen molar-refractivity contribution in [3.05, 3.63) is 0 Å². The summed E-state index contributed by atoms with van der Waals surface area (Å²) >= 11 is 1.83. The van der Waals surface area contributed by atoms with Crippen molar-refractivity contribution in [3.8, 4) is 0 Å². The minimum atomic E-state index is -3.12. The van der Waals surface area contributed by atoms with Crippen LogP contribution in [-0.4, -0.2) is 44.3 Å². The van der Waals surface area contributed by atoms with Crippen molar-refractivity contribution in [1.29, 1.82) is 0 Å². The summed E-state index contributed by atoms with van der Waals surface area (Å²) in [6.07, 6.45) is 9.75. The van der Waals surface area contributed by atoms with Gasteiger partial charge in [0.2, 0.25) is 10.0 Å². The molecule has 0 bridgehead atoms. The van der Waals surface area contributed by atoms with Crippen LogP contribution in [0.4, 0.5) is 0 Å². The molecule has 1 saturated carbocycles. The lowest BCUT2D eigenvalue weighted by atomic mass is 9.88. The molecule has 6 heteroatoms. The highest BCUT2D eigenvalue weighted by molar-refractivity contribution is 8.00. The van der Waals surface area contributed by atoms with Gasteiger partial charge in [0, 0.05) is 17.3 Å². The van der Waals surface area contributed by atoms with Gasteiger partial charge in [-0.1, -0.05) is 33.1 Å². The largest absolute Gasteiger partial charge is 0.315 e. The van der Waals surface area contributed by atoms with Gasteiger partial charge >= 0.3 is 0 Å². The molecule has 4 nitrogen and oxygen atoms in total. The first kappa shape index (κ1) is 19.3. The van der Waals surface area contributed by atoms with Gasteiger partial charge in [0.1, 0.15) is 0 Å². The first-order valence-electron chi connectivity index (χ1n) is 8.15. The monoisotopic (exact) mass is 336 g/mol. The lowest BCUT2D eigenvalue weighted by Crippen LogP contribution is -2.42. The van der Waals surface area contributed by atoms with Crippen molar-refractivity contribution in [2.75, 3.05) is 25.1 Å². The van der Waals surface area contributed by atoms with E-state index in [1.54, 1.807) is 0 Å². The van der Waals surface area contributed by atoms with Crippen molar-refractivity contribution in [2.24, 2.45) is 0 Å². The van der Waals surface area contributed by atoms with Gasteiger partial charge in [0.05, 0.1) is 5.75 Å². The zero-order valence-electron chi connectivity index (χ0n) is 13.8. The Kier molecular flexibility index (Phi) is 8.61. The molecule has 0 spiro atoms. The molecule has 0 aromatic heterocycles. The van der Waals surface area contributed by atoms with Crippen molar-refractivity contribution in [1.82, 2.24) is 10.0 Å². The summed E-state index contributed by atoms with van der Waals surface area (Å²) in [5, 5.41) is 3.31. The van der Waals surface area contributed by atoms with Gasteiger partial charge in [-0.2, -0.15) is 11.8 Å². The molecule has 0 aromatic rings. The predicted octanol–water partition coefficient (Wildman–Crippen LogP) is 2.75. The van der Waals surface area contributed by atoms with E-state index in [2.05, 4.69) is 30.1 Å². The Hall–Kier alpha value is 0.220. The summed E-state index contributed by atoms with van der Waals surface area (Å²) in [6, 6.07) is 0.465. The Bertz CT molecular complexity index is 377. The lowest BCUT2D eigenvalue weighted by Gasteiger charge is -2.35. The van der Waals surface area contributed by atoms with Gasteiger partial charge in [-0.05, 0) is 38.5 Å². The fraction of sp³-hybridized carbons (Fsp3) is 1.00. The number of thioether (sulfide) groups is 1. The van der Waals surface area contributed by atoms with Crippen molar-refractivity contribution in [2.45, 2.75) is 69.6 Å². The van der Waals surface area contributed by atoms with Gasteiger partial charge in [-0.3, -0.25) is 0 Å². The maximum Gasteiger partial charge on any atom is 0.211 e. The van der Waals surface area contributed by atoms with Gasteiger partial charge in [-0.15, -0.1) is 0 Å². The number of unbranched alkanes of at least 4 members (excludes halogenated alkanes) is 1. The van der Waals surface area contributed by atoms with Gasteiger partial charge in [0.25, 0.3) is 0 Å². The zero-order chi connectivity index (χ0) is 15.8. The standard InChI is InChI=1S/C15H32N2O2S2/c1-14(2)16-11-7-8-12-21(18,19)17-13-15(20-3)9-5-4-6-10-15/h14,16-17H,4-13H2,1-3H3. The van der Waals surface area contributed by atoms with Crippen molar-refractivity contribution < 1.29 is 8.42 Å². The molecule has 0 aliphatic heterocycles. The Morgan fingerprint density at radius 2 is 1.81 bits per heavy atom. The molecule has 1 rings (SSSR count). The SMILES string of the molecule is CSC1(CNS(=O)(=O)CCCCNC(C)C)CCCCC1. The summed E-state index contributed by atoms with van der Waals surface area (Å²) in [4.78, 5) is 0. The Morgan fingerprint density at radius 1 is 1.14 bits per heavy atom. The summed E-state index contributed by atoms with van der Waals surface area (Å²) in [5.41, 5.74) is 0. The fourth-order valence-corrected chi connectivity index (χ4v) is 5.00. The molecular formula is C15H32N2O2S2. The highest BCUT2D eigenvalue weighted by Crippen LogP contribution is 2.38. The quantitative estimate of drug-likeness (QED) is 0.602. The Morgan fingerprint density at radius 3 is 2.38 bits per heavy atom. The van der Waals surface area contributed by atoms with Crippen LogP contribution in [0.3, 0.4) is 0 Å². The van der Waals surface area contributed by atoms with Crippen LogP contribution in [0, 0.1) is 0 Å². The van der Waals surface area contributed by atoms with E-state index in [0.29, 0.717) is 12.6 Å². The van der Waals surface area contributed by atoms with E-state index in [-0.39, 0.29) is 10.5 Å². The van der Waals surface area contributed by atoms with Crippen LogP contribution in [0.15, 0.2) is 0 Å². The van der Waals surface area contributed by atoms with Crippen molar-refractivity contribution >= 4 is 21.8 Å². The van der Waals surface area contributed by atoms with Crippen LogP contribution in [-0.2, 0) is 10.0 Å². The number of sulfonamides is 1. The molecular weight excluding hydrogens is 304 g/mol. The maximum atomic E-state index is 12.1. The van der Waals surface area contributed by atoms with Gasteiger partial charge < -0.3 is 5.32 Å². The number of rotatable bonds is 10. The average molecular weight is 337 g/mol. The van der Waals surface area contributed by atoms with Gasteiger partial charge in [0.15, 0.2) is 0 Å². The van der Waals surface area contributed by atoms with Crippen molar-refractivity contribution in [3.63, 3.8) is 0 Å². The predicted molar refractivity (Wildman–Crippen MR) is 93.5 cm³/mol. The first-order chi connectivity index (χ1) is 9.89. The molecule has 1 aliphatic rings. The van der Waals surface area contributed by atoms with Gasteiger partial charge in [-0.25, -0.2) is 13.1 Å². The van der Waals surface area contributed by atoms with E-state index in [1.165, 1.54) is 19.3 Å². The highest BCUT2D eigenvalue weighted by Gasteiger charge is 2.32. The number of nitrogens with one attached hydrogen (secondary N) is 2. The van der Waals surface area contributed by atoms with E-state index in [1.807, 2.05) is 11.8 Å². The molecule has 0 atom stereocenters. The van der Waals surface area contributed by atoms with Crippen LogP contribution in [0.2, 0.25) is 0 Å². The fourth-order valence-electron chi connectivity index (χ4n) is 2.77. The molecule has 0 unspecified atom stereocenters. The lowest BCUT2D eigenvalue weighted by molar-refractivity contribution is 0.395. The van der Waals surface area contributed by atoms with Crippen LogP contribution in [0.1, 0.15) is 58.8 Å². The number of hydrogen-bond donors (Lipinski definition) is 2. The highest BCUT2D eigenvalue weighted by atomic mass is 32.2. The second-order valence-corrected chi connectivity index (χ2v) is 9.60. The average Bonchev–Trinajstić information content (AvgIpc) is 2.45. The van der Waals surface area contributed by atoms with E-state index in [4.69, 9.17) is 0 Å². The Labute approximate surface area is 135 Å². The molecule has 0 heterocycles. The molecule has 2 N–H and O–H groups in total. The normalized spacial score (nSPS) is 19.0. The summed E-state index contributed by atoms with van der Waals surface area (Å²) in [5.74, 6) is 0.247. The second-order valence-electron chi connectivity index (χ2n) is 6.40. The summed E-state index contributed by atoms with van der Waals surface area (Å²) < 4.78 is 27.2. The third-order valence-corrected chi connectivity index (χ3v) is 7.03. The van der Waals surface area contributed by atoms with E-state index in [0.717, 1.165) is 32.2 Å². The minimum Gasteiger partial charge on any atom is -0.315 e. The van der Waals surface area contributed by atoms with Crippen LogP contribution >= 0.6 is 11.8 Å². The molecule has 0 amide bonds. The zero-order valence-corrected chi connectivity index (χ0v) is 15.4. The third kappa shape index (κ3) is 7.86. The second kappa shape index (κ2) is 9.38. The van der Waals surface area contributed by atoms with E-state index in [9.17, 15) is 8.42 Å². The molecule has 0 aromatic carbocycles. The molecule has 0 saturated heterocycles. The van der Waals surface area contributed by atoms with Crippen LogP contribution < -0.4 is 10.0 Å². The number of hydrogen-bond acceptors (Lipinski definition) is 4. The first-order valence-corrected chi connectivity index (χ1v) is 11.0. The molecule has 0 radical (unpaired) electrons. The smallest absolute Gasteiger partial charge is 0.211 e. The molecule has 1 aliphatic carbocycles.